The highest BCUT2D eigenvalue weighted by Crippen LogP contribution is 2.20. The van der Waals surface area contributed by atoms with E-state index in [0.29, 0.717) is 29.0 Å². The molecule has 2 aromatic rings. The molecule has 0 atom stereocenters. The third-order valence-corrected chi connectivity index (χ3v) is 3.70. The first-order chi connectivity index (χ1) is 12.3. The third kappa shape index (κ3) is 5.91. The van der Waals surface area contributed by atoms with Crippen LogP contribution in [0.25, 0.3) is 0 Å². The van der Waals surface area contributed by atoms with Crippen molar-refractivity contribution in [1.82, 2.24) is 4.90 Å². The van der Waals surface area contributed by atoms with E-state index in [0.717, 1.165) is 12.6 Å². The lowest BCUT2D eigenvalue weighted by molar-refractivity contribution is -0.184. The number of alkyl halides is 3. The molecule has 0 saturated heterocycles. The molecule has 2 aromatic carbocycles. The van der Waals surface area contributed by atoms with Crippen molar-refractivity contribution in [2.45, 2.75) is 25.6 Å². The van der Waals surface area contributed by atoms with E-state index in [1.807, 2.05) is 30.3 Å². The smallest absolute Gasteiger partial charge is 0.334 e. The van der Waals surface area contributed by atoms with Gasteiger partial charge in [0.1, 0.15) is 0 Å². The zero-order valence-electron chi connectivity index (χ0n) is 14.2. The summed E-state index contributed by atoms with van der Waals surface area (Å²) in [6.45, 7) is -0.202. The van der Waals surface area contributed by atoms with Crippen LogP contribution in [0.3, 0.4) is 0 Å². The lowest BCUT2D eigenvalue weighted by Crippen LogP contribution is -2.37. The molecule has 138 valence electrons. The molecular weight excluding hydrogens is 345 g/mol. The van der Waals surface area contributed by atoms with Gasteiger partial charge >= 0.3 is 12.1 Å². The normalized spacial score (nSPS) is 11.1. The van der Waals surface area contributed by atoms with Gasteiger partial charge in [-0.15, -0.1) is 0 Å². The van der Waals surface area contributed by atoms with Gasteiger partial charge in [0.2, 0.25) is 5.91 Å². The molecule has 0 saturated carbocycles. The van der Waals surface area contributed by atoms with E-state index in [9.17, 15) is 22.8 Å². The summed E-state index contributed by atoms with van der Waals surface area (Å²) in [5, 5.41) is 2.72. The summed E-state index contributed by atoms with van der Waals surface area (Å²) in [6.07, 6.45) is -4.02. The first kappa shape index (κ1) is 19.5. The molecular formula is C19H19F3N2O2. The molecule has 0 aromatic heterocycles. The fourth-order valence-electron chi connectivity index (χ4n) is 2.44. The van der Waals surface area contributed by atoms with E-state index in [4.69, 9.17) is 0 Å². The zero-order chi connectivity index (χ0) is 19.2. The van der Waals surface area contributed by atoms with Gasteiger partial charge in [0.05, 0.1) is 0 Å². The summed E-state index contributed by atoms with van der Waals surface area (Å²) in [6, 6.07) is 16.0. The second-order valence-electron chi connectivity index (χ2n) is 5.89. The monoisotopic (exact) mass is 364 g/mol. The highest BCUT2D eigenvalue weighted by molar-refractivity contribution is 5.90. The van der Waals surface area contributed by atoms with E-state index in [-0.39, 0.29) is 12.5 Å². The number of anilines is 1. The number of nitrogens with one attached hydrogen (secondary N) is 1. The number of hydrogen-bond acceptors (Lipinski definition) is 2. The Hall–Kier alpha value is -2.83. The molecule has 0 aliphatic rings. The number of nitrogens with zero attached hydrogens (tertiary/aromatic N) is 1. The molecule has 26 heavy (non-hydrogen) atoms. The highest BCUT2D eigenvalue weighted by Gasteiger charge is 2.41. The fraction of sp³-hybridized carbons (Fsp3) is 0.263. The van der Waals surface area contributed by atoms with Crippen LogP contribution >= 0.6 is 0 Å². The largest absolute Gasteiger partial charge is 0.471 e. The Labute approximate surface area is 149 Å². The van der Waals surface area contributed by atoms with Crippen LogP contribution in [0.1, 0.15) is 17.5 Å². The van der Waals surface area contributed by atoms with Crippen molar-refractivity contribution in [3.63, 3.8) is 0 Å². The SMILES string of the molecule is CN(Cc1cccc(NC(=O)CCc2ccccc2)c1)C(=O)C(F)(F)F. The van der Waals surface area contributed by atoms with Crippen LogP contribution in [0, 0.1) is 0 Å². The summed E-state index contributed by atoms with van der Waals surface area (Å²) < 4.78 is 37.3. The van der Waals surface area contributed by atoms with Gasteiger partial charge < -0.3 is 10.2 Å². The van der Waals surface area contributed by atoms with Crippen molar-refractivity contribution in [1.29, 1.82) is 0 Å². The summed E-state index contributed by atoms with van der Waals surface area (Å²) in [5.41, 5.74) is 2.02. The number of rotatable bonds is 6. The van der Waals surface area contributed by atoms with Gasteiger partial charge in [-0.05, 0) is 29.7 Å². The average Bonchev–Trinajstić information content (AvgIpc) is 2.59. The average molecular weight is 364 g/mol. The Morgan fingerprint density at radius 2 is 1.65 bits per heavy atom. The molecule has 0 radical (unpaired) electrons. The van der Waals surface area contributed by atoms with E-state index in [2.05, 4.69) is 5.32 Å². The number of halogens is 3. The maximum atomic E-state index is 12.4. The van der Waals surface area contributed by atoms with Gasteiger partial charge in [-0.3, -0.25) is 9.59 Å². The molecule has 2 amide bonds. The third-order valence-electron chi connectivity index (χ3n) is 3.70. The van der Waals surface area contributed by atoms with Crippen molar-refractivity contribution in [3.05, 3.63) is 65.7 Å². The molecule has 0 unspecified atom stereocenters. The molecule has 1 N–H and O–H groups in total. The lowest BCUT2D eigenvalue weighted by atomic mass is 10.1. The molecule has 0 heterocycles. The number of benzene rings is 2. The number of hydrogen-bond donors (Lipinski definition) is 1. The van der Waals surface area contributed by atoms with Crippen LogP contribution in [-0.4, -0.2) is 29.9 Å². The topological polar surface area (TPSA) is 49.4 Å². The van der Waals surface area contributed by atoms with Crippen molar-refractivity contribution in [2.24, 2.45) is 0 Å². The molecule has 0 fully saturated rings. The first-order valence-electron chi connectivity index (χ1n) is 8.00. The van der Waals surface area contributed by atoms with Crippen molar-refractivity contribution >= 4 is 17.5 Å². The van der Waals surface area contributed by atoms with Gasteiger partial charge in [0.25, 0.3) is 0 Å². The number of aryl methyl sites for hydroxylation is 1. The fourth-order valence-corrected chi connectivity index (χ4v) is 2.44. The minimum absolute atomic E-state index is 0.189. The van der Waals surface area contributed by atoms with Gasteiger partial charge in [0, 0.05) is 25.7 Å². The van der Waals surface area contributed by atoms with Crippen molar-refractivity contribution in [2.75, 3.05) is 12.4 Å². The van der Waals surface area contributed by atoms with Gasteiger partial charge in [-0.25, -0.2) is 0 Å². The summed E-state index contributed by atoms with van der Waals surface area (Å²) >= 11 is 0. The molecule has 0 spiro atoms. The number of carbonyl (C=O) groups excluding carboxylic acids is 2. The Kier molecular flexibility index (Phi) is 6.38. The Morgan fingerprint density at radius 1 is 1.00 bits per heavy atom. The van der Waals surface area contributed by atoms with Gasteiger partial charge in [-0.2, -0.15) is 13.2 Å². The predicted octanol–water partition coefficient (Wildman–Crippen LogP) is 3.78. The van der Waals surface area contributed by atoms with Crippen LogP contribution in [0.4, 0.5) is 18.9 Å². The molecule has 0 aliphatic heterocycles. The van der Waals surface area contributed by atoms with E-state index in [1.54, 1.807) is 24.3 Å². The van der Waals surface area contributed by atoms with Crippen LogP contribution in [0.5, 0.6) is 0 Å². The standard InChI is InChI=1S/C19H19F3N2O2/c1-24(18(26)19(20,21)22)13-15-8-5-9-16(12-15)23-17(25)11-10-14-6-3-2-4-7-14/h2-9,12H,10-11,13H2,1H3,(H,23,25). The quantitative estimate of drug-likeness (QED) is 0.848. The predicted molar refractivity (Wildman–Crippen MR) is 92.4 cm³/mol. The van der Waals surface area contributed by atoms with Crippen LogP contribution in [0.2, 0.25) is 0 Å². The molecule has 7 heteroatoms. The minimum atomic E-state index is -4.90. The lowest BCUT2D eigenvalue weighted by Gasteiger charge is -2.19. The maximum Gasteiger partial charge on any atom is 0.471 e. The summed E-state index contributed by atoms with van der Waals surface area (Å²) in [5.74, 6) is -2.10. The second-order valence-corrected chi connectivity index (χ2v) is 5.89. The Bertz CT molecular complexity index is 761. The molecule has 2 rings (SSSR count). The maximum absolute atomic E-state index is 12.4. The number of amides is 2. The van der Waals surface area contributed by atoms with E-state index in [1.165, 1.54) is 0 Å². The van der Waals surface area contributed by atoms with Crippen LogP contribution in [0.15, 0.2) is 54.6 Å². The minimum Gasteiger partial charge on any atom is -0.334 e. The van der Waals surface area contributed by atoms with E-state index >= 15 is 0 Å². The Morgan fingerprint density at radius 3 is 2.31 bits per heavy atom. The molecule has 0 bridgehead atoms. The summed E-state index contributed by atoms with van der Waals surface area (Å²) in [7, 11) is 1.08. The zero-order valence-corrected chi connectivity index (χ0v) is 14.2. The van der Waals surface area contributed by atoms with Crippen molar-refractivity contribution < 1.29 is 22.8 Å². The van der Waals surface area contributed by atoms with Crippen LogP contribution in [-0.2, 0) is 22.6 Å². The summed E-state index contributed by atoms with van der Waals surface area (Å²) in [4.78, 5) is 23.8. The van der Waals surface area contributed by atoms with Gasteiger partial charge in [-0.1, -0.05) is 42.5 Å². The van der Waals surface area contributed by atoms with Crippen molar-refractivity contribution in [3.8, 4) is 0 Å². The molecule has 4 nitrogen and oxygen atoms in total. The van der Waals surface area contributed by atoms with Crippen LogP contribution < -0.4 is 5.32 Å². The molecule has 0 aliphatic carbocycles. The second kappa shape index (κ2) is 8.51. The Balaban J connectivity index is 1.92. The van der Waals surface area contributed by atoms with Gasteiger partial charge in [0.15, 0.2) is 0 Å². The highest BCUT2D eigenvalue weighted by atomic mass is 19.4. The number of carbonyl (C=O) groups is 2. The first-order valence-corrected chi connectivity index (χ1v) is 8.00. The van der Waals surface area contributed by atoms with E-state index < -0.39 is 12.1 Å².